The van der Waals surface area contributed by atoms with Crippen molar-refractivity contribution in [3.8, 4) is 6.07 Å². The molecule has 2 aromatic carbocycles. The van der Waals surface area contributed by atoms with E-state index in [2.05, 4.69) is 11.4 Å². The van der Waals surface area contributed by atoms with Crippen LogP contribution in [0.4, 0.5) is 5.69 Å². The first-order valence-corrected chi connectivity index (χ1v) is 8.76. The first-order chi connectivity index (χ1) is 12.3. The van der Waals surface area contributed by atoms with Gasteiger partial charge in [-0.3, -0.25) is 9.79 Å². The third-order valence-corrected chi connectivity index (χ3v) is 4.64. The molecule has 1 N–H and O–H groups in total. The number of hydrogen-bond acceptors (Lipinski definition) is 3. The standard InChI is InChI=1S/C22H23N3O/c1-14-9-10-19(15(2)11-14)24-21(26)18(13-23)20-17-8-6-5-7-16(17)12-22(3,4)25-20/h5-11,18H,12H2,1-4H3,(H,24,26). The van der Waals surface area contributed by atoms with Gasteiger partial charge < -0.3 is 5.32 Å². The van der Waals surface area contributed by atoms with E-state index in [4.69, 9.17) is 4.99 Å². The Morgan fingerprint density at radius 1 is 1.23 bits per heavy atom. The summed E-state index contributed by atoms with van der Waals surface area (Å²) >= 11 is 0. The summed E-state index contributed by atoms with van der Waals surface area (Å²) in [6.07, 6.45) is 0.795. The molecule has 1 atom stereocenters. The molecule has 0 bridgehead atoms. The normalized spacial score (nSPS) is 16.0. The molecular formula is C22H23N3O. The smallest absolute Gasteiger partial charge is 0.247 e. The highest BCUT2D eigenvalue weighted by atomic mass is 16.1. The molecule has 1 heterocycles. The number of hydrogen-bond donors (Lipinski definition) is 1. The summed E-state index contributed by atoms with van der Waals surface area (Å²) in [6, 6.07) is 15.9. The van der Waals surface area contributed by atoms with Crippen LogP contribution in [0.25, 0.3) is 0 Å². The van der Waals surface area contributed by atoms with E-state index in [0.29, 0.717) is 5.71 Å². The fourth-order valence-corrected chi connectivity index (χ4v) is 3.44. The van der Waals surface area contributed by atoms with Crippen molar-refractivity contribution in [2.45, 2.75) is 39.7 Å². The van der Waals surface area contributed by atoms with Crippen molar-refractivity contribution < 1.29 is 4.79 Å². The van der Waals surface area contributed by atoms with Crippen molar-refractivity contribution in [3.05, 3.63) is 64.7 Å². The molecule has 1 unspecified atom stereocenters. The number of nitrogens with one attached hydrogen (secondary N) is 1. The fraction of sp³-hybridized carbons (Fsp3) is 0.318. The minimum atomic E-state index is -0.948. The van der Waals surface area contributed by atoms with Crippen LogP contribution in [0.2, 0.25) is 0 Å². The van der Waals surface area contributed by atoms with Gasteiger partial charge in [0.25, 0.3) is 0 Å². The number of carbonyl (C=O) groups excluding carboxylic acids is 1. The Morgan fingerprint density at radius 3 is 2.65 bits per heavy atom. The molecule has 4 heteroatoms. The van der Waals surface area contributed by atoms with Crippen LogP contribution in [0.15, 0.2) is 47.5 Å². The van der Waals surface area contributed by atoms with E-state index in [1.165, 1.54) is 0 Å². The third kappa shape index (κ3) is 3.52. The zero-order valence-corrected chi connectivity index (χ0v) is 15.6. The van der Waals surface area contributed by atoms with Gasteiger partial charge in [-0.2, -0.15) is 5.26 Å². The van der Waals surface area contributed by atoms with Gasteiger partial charge in [-0.15, -0.1) is 0 Å². The molecule has 1 amide bonds. The van der Waals surface area contributed by atoms with Gasteiger partial charge in [0.1, 0.15) is 0 Å². The van der Waals surface area contributed by atoms with Crippen LogP contribution in [-0.4, -0.2) is 17.2 Å². The van der Waals surface area contributed by atoms with Gasteiger partial charge in [-0.1, -0.05) is 42.0 Å². The van der Waals surface area contributed by atoms with Gasteiger partial charge in [0.2, 0.25) is 5.91 Å². The summed E-state index contributed by atoms with van der Waals surface area (Å²) in [6.45, 7) is 8.01. The molecular weight excluding hydrogens is 322 g/mol. The van der Waals surface area contributed by atoms with Gasteiger partial charge in [0, 0.05) is 11.3 Å². The maximum Gasteiger partial charge on any atom is 0.247 e. The number of aryl methyl sites for hydroxylation is 2. The Labute approximate surface area is 154 Å². The molecule has 4 nitrogen and oxygen atoms in total. The van der Waals surface area contributed by atoms with E-state index in [0.717, 1.165) is 34.4 Å². The highest BCUT2D eigenvalue weighted by Gasteiger charge is 2.34. The van der Waals surface area contributed by atoms with Crippen LogP contribution in [0.5, 0.6) is 0 Å². The van der Waals surface area contributed by atoms with Crippen molar-refractivity contribution in [3.63, 3.8) is 0 Å². The molecule has 0 aromatic heterocycles. The number of anilines is 1. The van der Waals surface area contributed by atoms with Crippen LogP contribution in [0.1, 0.15) is 36.1 Å². The van der Waals surface area contributed by atoms with Crippen molar-refractivity contribution in [1.82, 2.24) is 0 Å². The Bertz CT molecular complexity index is 935. The predicted molar refractivity (Wildman–Crippen MR) is 104 cm³/mol. The van der Waals surface area contributed by atoms with Gasteiger partial charge in [-0.05, 0) is 51.3 Å². The lowest BCUT2D eigenvalue weighted by Gasteiger charge is -2.30. The topological polar surface area (TPSA) is 65.2 Å². The fourth-order valence-electron chi connectivity index (χ4n) is 3.44. The van der Waals surface area contributed by atoms with Crippen molar-refractivity contribution in [2.75, 3.05) is 5.32 Å². The largest absolute Gasteiger partial charge is 0.324 e. The summed E-state index contributed by atoms with van der Waals surface area (Å²) in [5, 5.41) is 12.6. The van der Waals surface area contributed by atoms with Crippen LogP contribution < -0.4 is 5.32 Å². The van der Waals surface area contributed by atoms with E-state index in [1.807, 2.05) is 70.2 Å². The quantitative estimate of drug-likeness (QED) is 0.906. The lowest BCUT2D eigenvalue weighted by atomic mass is 9.83. The molecule has 26 heavy (non-hydrogen) atoms. The monoisotopic (exact) mass is 345 g/mol. The van der Waals surface area contributed by atoms with Gasteiger partial charge >= 0.3 is 0 Å². The summed E-state index contributed by atoms with van der Waals surface area (Å²) in [5.41, 5.74) is 5.08. The van der Waals surface area contributed by atoms with Crippen LogP contribution in [0, 0.1) is 31.1 Å². The first kappa shape index (κ1) is 17.9. The van der Waals surface area contributed by atoms with Crippen molar-refractivity contribution in [1.29, 1.82) is 5.26 Å². The average molecular weight is 345 g/mol. The van der Waals surface area contributed by atoms with E-state index in [9.17, 15) is 10.1 Å². The number of fused-ring (bicyclic) bond motifs is 1. The van der Waals surface area contributed by atoms with Crippen LogP contribution in [0.3, 0.4) is 0 Å². The number of nitriles is 1. The molecule has 132 valence electrons. The maximum atomic E-state index is 12.9. The van der Waals surface area contributed by atoms with E-state index >= 15 is 0 Å². The third-order valence-electron chi connectivity index (χ3n) is 4.64. The maximum absolute atomic E-state index is 12.9. The molecule has 0 fully saturated rings. The molecule has 1 aliphatic rings. The Kier molecular flexibility index (Phi) is 4.65. The summed E-state index contributed by atoms with van der Waals surface area (Å²) in [5.74, 6) is -1.29. The Balaban J connectivity index is 1.96. The van der Waals surface area contributed by atoms with E-state index in [-0.39, 0.29) is 11.4 Å². The Hall–Kier alpha value is -2.93. The molecule has 0 spiro atoms. The lowest BCUT2D eigenvalue weighted by molar-refractivity contribution is -0.116. The van der Waals surface area contributed by atoms with Gasteiger partial charge in [0.15, 0.2) is 5.92 Å². The highest BCUT2D eigenvalue weighted by Crippen LogP contribution is 2.30. The number of carbonyl (C=O) groups is 1. The molecule has 0 saturated heterocycles. The molecule has 2 aromatic rings. The summed E-state index contributed by atoms with van der Waals surface area (Å²) < 4.78 is 0. The zero-order valence-electron chi connectivity index (χ0n) is 15.6. The molecule has 1 aliphatic heterocycles. The zero-order chi connectivity index (χ0) is 18.9. The number of nitrogens with zero attached hydrogens (tertiary/aromatic N) is 2. The van der Waals surface area contributed by atoms with Crippen molar-refractivity contribution >= 4 is 17.3 Å². The molecule has 3 rings (SSSR count). The molecule has 0 radical (unpaired) electrons. The predicted octanol–water partition coefficient (Wildman–Crippen LogP) is 4.21. The second-order valence-corrected chi connectivity index (χ2v) is 7.51. The summed E-state index contributed by atoms with van der Waals surface area (Å²) in [4.78, 5) is 17.6. The number of amides is 1. The van der Waals surface area contributed by atoms with Gasteiger partial charge in [-0.25, -0.2) is 0 Å². The number of rotatable bonds is 3. The van der Waals surface area contributed by atoms with Gasteiger partial charge in [0.05, 0.1) is 17.3 Å². The highest BCUT2D eigenvalue weighted by molar-refractivity contribution is 6.19. The van der Waals surface area contributed by atoms with Crippen LogP contribution in [-0.2, 0) is 11.2 Å². The molecule has 0 saturated carbocycles. The second kappa shape index (κ2) is 6.76. The number of aliphatic imine (C=N–C) groups is 1. The SMILES string of the molecule is Cc1ccc(NC(=O)C(C#N)C2=NC(C)(C)Cc3ccccc32)c(C)c1. The van der Waals surface area contributed by atoms with Crippen LogP contribution >= 0.6 is 0 Å². The molecule has 0 aliphatic carbocycles. The van der Waals surface area contributed by atoms with E-state index < -0.39 is 5.92 Å². The average Bonchev–Trinajstić information content (AvgIpc) is 2.57. The van der Waals surface area contributed by atoms with Crippen molar-refractivity contribution in [2.24, 2.45) is 10.9 Å². The Morgan fingerprint density at radius 2 is 1.96 bits per heavy atom. The first-order valence-electron chi connectivity index (χ1n) is 8.76. The second-order valence-electron chi connectivity index (χ2n) is 7.51. The summed E-state index contributed by atoms with van der Waals surface area (Å²) in [7, 11) is 0. The lowest BCUT2D eigenvalue weighted by Crippen LogP contribution is -2.36. The number of benzene rings is 2. The minimum absolute atomic E-state index is 0.334. The van der Waals surface area contributed by atoms with E-state index in [1.54, 1.807) is 0 Å². The minimum Gasteiger partial charge on any atom is -0.324 e.